The highest BCUT2D eigenvalue weighted by Gasteiger charge is 2.45. The topological polar surface area (TPSA) is 12.4 Å². The molecule has 1 nitrogen and oxygen atoms in total. The van der Waals surface area contributed by atoms with E-state index < -0.39 is 0 Å². The van der Waals surface area contributed by atoms with Crippen LogP contribution in [-0.2, 0) is 5.41 Å². The molecule has 0 aliphatic carbocycles. The number of hydrogen-bond acceptors (Lipinski definition) is 2. The molecule has 0 spiro atoms. The Morgan fingerprint density at radius 1 is 0.947 bits per heavy atom. The molecular formula is C17H15NS. The summed E-state index contributed by atoms with van der Waals surface area (Å²) in [6.07, 6.45) is 0. The van der Waals surface area contributed by atoms with Gasteiger partial charge in [-0.3, -0.25) is 0 Å². The molecule has 19 heavy (non-hydrogen) atoms. The Kier molecular flexibility index (Phi) is 3.03. The molecule has 0 amide bonds. The number of benzene rings is 2. The predicted octanol–water partition coefficient (Wildman–Crippen LogP) is 4.94. The standard InChI is InChI=1S/C17H15NS/c1-13-17(2,14-9-5-3-6-10-14)16(19-13)18-15-11-7-4-8-12-15/h3-12H,1H2,2H3/t17-/m1/s1. The summed E-state index contributed by atoms with van der Waals surface area (Å²) >= 11 is 1.68. The lowest BCUT2D eigenvalue weighted by molar-refractivity contribution is 0.794. The average Bonchev–Trinajstić information content (AvgIpc) is 2.48. The van der Waals surface area contributed by atoms with Gasteiger partial charge in [-0.2, -0.15) is 0 Å². The van der Waals surface area contributed by atoms with Crippen molar-refractivity contribution < 1.29 is 0 Å². The lowest BCUT2D eigenvalue weighted by Crippen LogP contribution is -2.40. The molecule has 1 fully saturated rings. The SMILES string of the molecule is C=C1SC(=Nc2ccccc2)[C@@]1(C)c1ccccc1. The Bertz CT molecular complexity index is 631. The third-order valence-corrected chi connectivity index (χ3v) is 4.89. The molecule has 2 aromatic rings. The van der Waals surface area contributed by atoms with E-state index in [0.29, 0.717) is 0 Å². The third-order valence-electron chi connectivity index (χ3n) is 3.54. The van der Waals surface area contributed by atoms with Gasteiger partial charge >= 0.3 is 0 Å². The summed E-state index contributed by atoms with van der Waals surface area (Å²) in [5.74, 6) is 0. The molecule has 0 bridgehead atoms. The highest BCUT2D eigenvalue weighted by atomic mass is 32.2. The lowest BCUT2D eigenvalue weighted by Gasteiger charge is -2.42. The molecule has 0 unspecified atom stereocenters. The lowest BCUT2D eigenvalue weighted by atomic mass is 9.82. The minimum atomic E-state index is -0.137. The monoisotopic (exact) mass is 265 g/mol. The van der Waals surface area contributed by atoms with Crippen molar-refractivity contribution in [3.8, 4) is 0 Å². The molecule has 2 aromatic carbocycles. The van der Waals surface area contributed by atoms with Crippen LogP contribution < -0.4 is 0 Å². The fourth-order valence-electron chi connectivity index (χ4n) is 2.20. The van der Waals surface area contributed by atoms with E-state index in [2.05, 4.69) is 37.8 Å². The zero-order valence-electron chi connectivity index (χ0n) is 10.8. The highest BCUT2D eigenvalue weighted by molar-refractivity contribution is 8.20. The van der Waals surface area contributed by atoms with Gasteiger partial charge in [-0.05, 0) is 24.6 Å². The third kappa shape index (κ3) is 2.02. The molecular weight excluding hydrogens is 250 g/mol. The van der Waals surface area contributed by atoms with Crippen molar-refractivity contribution in [3.05, 3.63) is 77.7 Å². The number of rotatable bonds is 2. The van der Waals surface area contributed by atoms with E-state index in [4.69, 9.17) is 4.99 Å². The summed E-state index contributed by atoms with van der Waals surface area (Å²) in [7, 11) is 0. The molecule has 0 saturated carbocycles. The van der Waals surface area contributed by atoms with Crippen LogP contribution in [0.25, 0.3) is 0 Å². The number of hydrogen-bond donors (Lipinski definition) is 0. The van der Waals surface area contributed by atoms with Gasteiger partial charge in [0.15, 0.2) is 0 Å². The van der Waals surface area contributed by atoms with Gasteiger partial charge in [0.05, 0.1) is 16.1 Å². The maximum absolute atomic E-state index is 4.76. The Balaban J connectivity index is 2.01. The molecule has 1 saturated heterocycles. The Hall–Kier alpha value is -1.80. The molecule has 94 valence electrons. The molecule has 0 aromatic heterocycles. The molecule has 1 aliphatic rings. The largest absolute Gasteiger partial charge is 0.245 e. The van der Waals surface area contributed by atoms with Crippen LogP contribution in [0, 0.1) is 0 Å². The first kappa shape index (κ1) is 12.2. The van der Waals surface area contributed by atoms with Crippen LogP contribution in [0.3, 0.4) is 0 Å². The fraction of sp³-hybridized carbons (Fsp3) is 0.118. The fourth-order valence-corrected chi connectivity index (χ4v) is 3.30. The van der Waals surface area contributed by atoms with Crippen LogP contribution >= 0.6 is 11.8 Å². The maximum Gasteiger partial charge on any atom is 0.0935 e. The second kappa shape index (κ2) is 4.71. The average molecular weight is 265 g/mol. The Morgan fingerprint density at radius 3 is 2.11 bits per heavy atom. The molecule has 0 radical (unpaired) electrons. The molecule has 3 rings (SSSR count). The summed E-state index contributed by atoms with van der Waals surface area (Å²) in [5, 5.41) is 1.12. The zero-order valence-corrected chi connectivity index (χ0v) is 11.7. The Morgan fingerprint density at radius 2 is 1.53 bits per heavy atom. The minimum absolute atomic E-state index is 0.137. The van der Waals surface area contributed by atoms with Gasteiger partial charge in [0.25, 0.3) is 0 Å². The Labute approximate surface area is 118 Å². The minimum Gasteiger partial charge on any atom is -0.245 e. The van der Waals surface area contributed by atoms with Crippen molar-refractivity contribution in [3.63, 3.8) is 0 Å². The summed E-state index contributed by atoms with van der Waals surface area (Å²) in [4.78, 5) is 5.92. The number of para-hydroxylation sites is 1. The van der Waals surface area contributed by atoms with E-state index in [1.165, 1.54) is 5.56 Å². The van der Waals surface area contributed by atoms with Crippen LogP contribution in [0.4, 0.5) is 5.69 Å². The van der Waals surface area contributed by atoms with Crippen LogP contribution in [-0.4, -0.2) is 5.04 Å². The van der Waals surface area contributed by atoms with Crippen molar-refractivity contribution in [1.82, 2.24) is 0 Å². The van der Waals surface area contributed by atoms with Gasteiger partial charge in [0.1, 0.15) is 0 Å². The van der Waals surface area contributed by atoms with E-state index in [-0.39, 0.29) is 5.41 Å². The molecule has 1 aliphatic heterocycles. The van der Waals surface area contributed by atoms with Crippen molar-refractivity contribution in [1.29, 1.82) is 0 Å². The first-order chi connectivity index (χ1) is 9.21. The van der Waals surface area contributed by atoms with E-state index >= 15 is 0 Å². The summed E-state index contributed by atoms with van der Waals surface area (Å²) in [6, 6.07) is 20.5. The number of thioether (sulfide) groups is 1. The van der Waals surface area contributed by atoms with E-state index in [1.807, 2.05) is 36.4 Å². The van der Waals surface area contributed by atoms with Crippen LogP contribution in [0.1, 0.15) is 12.5 Å². The van der Waals surface area contributed by atoms with E-state index in [9.17, 15) is 0 Å². The smallest absolute Gasteiger partial charge is 0.0935 e. The first-order valence-electron chi connectivity index (χ1n) is 6.28. The number of allylic oxidation sites excluding steroid dienone is 1. The second-order valence-corrected chi connectivity index (χ2v) is 5.85. The molecule has 1 heterocycles. The van der Waals surface area contributed by atoms with Crippen molar-refractivity contribution in [2.75, 3.05) is 0 Å². The highest BCUT2D eigenvalue weighted by Crippen LogP contribution is 2.53. The van der Waals surface area contributed by atoms with Crippen LogP contribution in [0.15, 0.2) is 77.1 Å². The van der Waals surface area contributed by atoms with Crippen molar-refractivity contribution >= 4 is 22.5 Å². The van der Waals surface area contributed by atoms with Gasteiger partial charge in [-0.15, -0.1) is 0 Å². The van der Waals surface area contributed by atoms with E-state index in [0.717, 1.165) is 15.6 Å². The zero-order chi connectivity index (χ0) is 13.3. The van der Waals surface area contributed by atoms with Crippen LogP contribution in [0.5, 0.6) is 0 Å². The molecule has 1 atom stereocenters. The van der Waals surface area contributed by atoms with Crippen molar-refractivity contribution in [2.24, 2.45) is 4.99 Å². The van der Waals surface area contributed by atoms with Gasteiger partial charge in [0, 0.05) is 4.91 Å². The summed E-state index contributed by atoms with van der Waals surface area (Å²) in [5.41, 5.74) is 2.12. The summed E-state index contributed by atoms with van der Waals surface area (Å²) < 4.78 is 0. The maximum atomic E-state index is 4.76. The molecule has 2 heteroatoms. The quantitative estimate of drug-likeness (QED) is 0.749. The van der Waals surface area contributed by atoms with Gasteiger partial charge in [-0.25, -0.2) is 4.99 Å². The van der Waals surface area contributed by atoms with Crippen molar-refractivity contribution in [2.45, 2.75) is 12.3 Å². The van der Waals surface area contributed by atoms with Crippen LogP contribution in [0.2, 0.25) is 0 Å². The summed E-state index contributed by atoms with van der Waals surface area (Å²) in [6.45, 7) is 6.36. The second-order valence-electron chi connectivity index (χ2n) is 4.77. The predicted molar refractivity (Wildman–Crippen MR) is 84.1 cm³/mol. The normalized spacial score (nSPS) is 24.3. The molecule has 0 N–H and O–H groups in total. The number of aliphatic imine (C=N–C) groups is 1. The van der Waals surface area contributed by atoms with E-state index in [1.54, 1.807) is 11.8 Å². The first-order valence-corrected chi connectivity index (χ1v) is 7.10. The van der Waals surface area contributed by atoms with Gasteiger partial charge in [0.2, 0.25) is 0 Å². The number of nitrogens with zero attached hydrogens (tertiary/aromatic N) is 1. The van der Waals surface area contributed by atoms with Gasteiger partial charge in [-0.1, -0.05) is 66.9 Å². The van der Waals surface area contributed by atoms with Gasteiger partial charge < -0.3 is 0 Å².